The second kappa shape index (κ2) is 8.37. The Balaban J connectivity index is 2.23. The molecule has 1 heterocycles. The van der Waals surface area contributed by atoms with E-state index in [2.05, 4.69) is 25.6 Å². The van der Waals surface area contributed by atoms with Crippen LogP contribution in [-0.2, 0) is 20.2 Å². The van der Waals surface area contributed by atoms with E-state index < -0.39 is 35.8 Å². The quantitative estimate of drug-likeness (QED) is 0.255. The first kappa shape index (κ1) is 22.9. The van der Waals surface area contributed by atoms with Crippen LogP contribution in [0, 0.1) is 0 Å². The first-order valence-electron chi connectivity index (χ1n) is 8.27. The van der Waals surface area contributed by atoms with Gasteiger partial charge < -0.3 is 21.5 Å². The standard InChI is InChI=1S/C15H15ClN6O7S2/c16-13-20-14(18-2-1-17)22-15(21-13)19-10-5-8(30(24,25)26)3-7-4-9(31(27,28)29)6-11(23)12(7)10/h3-6,23H,1-2,17H2,(H,24,25,26)(H,27,28,29)(H2,18,19,20,21,22). The second-order valence-electron chi connectivity index (χ2n) is 6.05. The summed E-state index contributed by atoms with van der Waals surface area (Å²) in [6, 6.07) is 3.57. The summed E-state index contributed by atoms with van der Waals surface area (Å²) in [5.41, 5.74) is 5.29. The highest BCUT2D eigenvalue weighted by Gasteiger charge is 2.20. The molecule has 0 saturated carbocycles. The van der Waals surface area contributed by atoms with Crippen molar-refractivity contribution in [1.82, 2.24) is 15.0 Å². The third-order valence-corrected chi connectivity index (χ3v) is 5.68. The molecule has 1 aromatic heterocycles. The molecule has 0 spiro atoms. The van der Waals surface area contributed by atoms with Gasteiger partial charge in [-0.25, -0.2) is 0 Å². The van der Waals surface area contributed by atoms with Crippen molar-refractivity contribution in [3.05, 3.63) is 29.5 Å². The minimum atomic E-state index is -4.74. The van der Waals surface area contributed by atoms with Crippen LogP contribution in [0.4, 0.5) is 17.6 Å². The van der Waals surface area contributed by atoms with Crippen LogP contribution >= 0.6 is 11.6 Å². The summed E-state index contributed by atoms with van der Waals surface area (Å²) in [6.07, 6.45) is 0. The Labute approximate surface area is 180 Å². The lowest BCUT2D eigenvalue weighted by Crippen LogP contribution is -2.15. The summed E-state index contributed by atoms with van der Waals surface area (Å²) in [5, 5.41) is 15.4. The lowest BCUT2D eigenvalue weighted by atomic mass is 10.1. The number of hydrogen-bond donors (Lipinski definition) is 6. The SMILES string of the molecule is NCCNc1nc(Cl)nc(Nc2cc(S(=O)(=O)O)cc3cc(S(=O)(=O)O)cc(O)c23)n1. The summed E-state index contributed by atoms with van der Waals surface area (Å²) in [4.78, 5) is 10.4. The van der Waals surface area contributed by atoms with E-state index >= 15 is 0 Å². The maximum atomic E-state index is 11.7. The Morgan fingerprint density at radius 3 is 2.10 bits per heavy atom. The van der Waals surface area contributed by atoms with E-state index in [1.165, 1.54) is 0 Å². The van der Waals surface area contributed by atoms with Gasteiger partial charge in [0.05, 0.1) is 15.5 Å². The van der Waals surface area contributed by atoms with Crippen molar-refractivity contribution < 1.29 is 31.0 Å². The van der Waals surface area contributed by atoms with Crippen molar-refractivity contribution in [3.63, 3.8) is 0 Å². The Morgan fingerprint density at radius 2 is 1.52 bits per heavy atom. The van der Waals surface area contributed by atoms with Crippen LogP contribution in [0.1, 0.15) is 0 Å². The molecule has 0 aliphatic heterocycles. The van der Waals surface area contributed by atoms with E-state index in [9.17, 15) is 31.0 Å². The molecule has 0 radical (unpaired) electrons. The van der Waals surface area contributed by atoms with E-state index in [0.29, 0.717) is 6.54 Å². The molecule has 3 rings (SSSR count). The van der Waals surface area contributed by atoms with Crippen LogP contribution in [0.2, 0.25) is 5.28 Å². The number of aromatic hydroxyl groups is 1. The molecule has 0 amide bonds. The topological polar surface area (TPSA) is 218 Å². The van der Waals surface area contributed by atoms with Crippen molar-refractivity contribution in [2.45, 2.75) is 9.79 Å². The molecular weight excluding hydrogens is 476 g/mol. The van der Waals surface area contributed by atoms with Crippen molar-refractivity contribution >= 4 is 60.2 Å². The number of nitrogens with one attached hydrogen (secondary N) is 2. The molecule has 166 valence electrons. The molecule has 31 heavy (non-hydrogen) atoms. The first-order valence-corrected chi connectivity index (χ1v) is 11.5. The molecule has 16 heteroatoms. The van der Waals surface area contributed by atoms with E-state index in [1.807, 2.05) is 0 Å². The summed E-state index contributed by atoms with van der Waals surface area (Å²) >= 11 is 5.87. The molecule has 0 bridgehead atoms. The minimum Gasteiger partial charge on any atom is -0.507 e. The van der Waals surface area contributed by atoms with Crippen molar-refractivity contribution in [2.75, 3.05) is 23.7 Å². The van der Waals surface area contributed by atoms with Gasteiger partial charge in [0.15, 0.2) is 0 Å². The predicted octanol–water partition coefficient (Wildman–Crippen LogP) is 0.991. The van der Waals surface area contributed by atoms with Crippen LogP contribution in [0.5, 0.6) is 5.75 Å². The zero-order valence-corrected chi connectivity index (χ0v) is 17.7. The van der Waals surface area contributed by atoms with Gasteiger partial charge in [0, 0.05) is 24.5 Å². The summed E-state index contributed by atoms with van der Waals surface area (Å²) in [6.45, 7) is 0.594. The van der Waals surface area contributed by atoms with Crippen LogP contribution in [-0.4, -0.2) is 59.1 Å². The lowest BCUT2D eigenvalue weighted by molar-refractivity contribution is 0.471. The molecular formula is C15H15ClN6O7S2. The maximum Gasteiger partial charge on any atom is 0.294 e. The molecule has 2 aromatic carbocycles. The molecule has 3 aromatic rings. The highest BCUT2D eigenvalue weighted by molar-refractivity contribution is 7.86. The van der Waals surface area contributed by atoms with Gasteiger partial charge in [0.25, 0.3) is 20.2 Å². The van der Waals surface area contributed by atoms with Gasteiger partial charge in [-0.3, -0.25) is 9.11 Å². The number of hydrogen-bond acceptors (Lipinski definition) is 11. The zero-order valence-electron chi connectivity index (χ0n) is 15.3. The average molecular weight is 491 g/mol. The van der Waals surface area contributed by atoms with Gasteiger partial charge in [0.2, 0.25) is 17.2 Å². The fourth-order valence-electron chi connectivity index (χ4n) is 2.62. The summed E-state index contributed by atoms with van der Waals surface area (Å²) in [7, 11) is -9.46. The van der Waals surface area contributed by atoms with Crippen LogP contribution in [0.25, 0.3) is 10.8 Å². The van der Waals surface area contributed by atoms with E-state index in [4.69, 9.17) is 17.3 Å². The fraction of sp³-hybridized carbons (Fsp3) is 0.133. The smallest absolute Gasteiger partial charge is 0.294 e. The number of phenolic OH excluding ortho intramolecular Hbond substituents is 1. The molecule has 0 saturated heterocycles. The van der Waals surface area contributed by atoms with Crippen LogP contribution < -0.4 is 16.4 Å². The molecule has 0 aliphatic rings. The largest absolute Gasteiger partial charge is 0.507 e. The molecule has 0 atom stereocenters. The van der Waals surface area contributed by atoms with Crippen molar-refractivity contribution in [1.29, 1.82) is 0 Å². The summed E-state index contributed by atoms with van der Waals surface area (Å²) < 4.78 is 65.0. The highest BCUT2D eigenvalue weighted by atomic mass is 35.5. The van der Waals surface area contributed by atoms with Crippen LogP contribution in [0.15, 0.2) is 34.1 Å². The number of nitrogens with two attached hydrogens (primary N) is 1. The molecule has 0 unspecified atom stereocenters. The number of anilines is 3. The number of fused-ring (bicyclic) bond motifs is 1. The summed E-state index contributed by atoms with van der Waals surface area (Å²) in [5.74, 6) is -0.719. The Bertz CT molecular complexity index is 1380. The van der Waals surface area contributed by atoms with E-state index in [1.54, 1.807) is 0 Å². The Morgan fingerprint density at radius 1 is 0.935 bits per heavy atom. The van der Waals surface area contributed by atoms with Crippen LogP contribution in [0.3, 0.4) is 0 Å². The minimum absolute atomic E-state index is 0.0483. The number of phenols is 1. The van der Waals surface area contributed by atoms with Gasteiger partial charge in [-0.2, -0.15) is 31.8 Å². The number of aromatic nitrogens is 3. The monoisotopic (exact) mass is 490 g/mol. The van der Waals surface area contributed by atoms with E-state index in [-0.39, 0.29) is 40.2 Å². The predicted molar refractivity (Wildman–Crippen MR) is 111 cm³/mol. The third kappa shape index (κ3) is 5.27. The molecule has 0 fully saturated rings. The highest BCUT2D eigenvalue weighted by Crippen LogP contribution is 2.37. The van der Waals surface area contributed by atoms with Gasteiger partial charge in [0.1, 0.15) is 5.75 Å². The average Bonchev–Trinajstić information content (AvgIpc) is 2.64. The second-order valence-corrected chi connectivity index (χ2v) is 9.23. The zero-order chi connectivity index (χ0) is 23.0. The van der Waals surface area contributed by atoms with Gasteiger partial charge >= 0.3 is 0 Å². The fourth-order valence-corrected chi connectivity index (χ4v) is 3.86. The van der Waals surface area contributed by atoms with Gasteiger partial charge in [-0.1, -0.05) is 0 Å². The molecule has 0 aliphatic carbocycles. The van der Waals surface area contributed by atoms with Crippen molar-refractivity contribution in [2.24, 2.45) is 5.73 Å². The number of benzene rings is 2. The number of nitrogens with zero attached hydrogens (tertiary/aromatic N) is 3. The van der Waals surface area contributed by atoms with Gasteiger partial charge in [-0.05, 0) is 35.2 Å². The molecule has 13 nitrogen and oxygen atoms in total. The van der Waals surface area contributed by atoms with E-state index in [0.717, 1.165) is 24.3 Å². The number of halogens is 1. The normalized spacial score (nSPS) is 12.1. The third-order valence-electron chi connectivity index (χ3n) is 3.85. The number of rotatable bonds is 7. The Kier molecular flexibility index (Phi) is 6.17. The first-order chi connectivity index (χ1) is 14.4. The molecule has 7 N–H and O–H groups in total. The van der Waals surface area contributed by atoms with Gasteiger partial charge in [-0.15, -0.1) is 0 Å². The van der Waals surface area contributed by atoms with Crippen molar-refractivity contribution in [3.8, 4) is 5.75 Å². The maximum absolute atomic E-state index is 11.7. The lowest BCUT2D eigenvalue weighted by Gasteiger charge is -2.13. The Hall–Kier alpha value is -2.82.